The minimum absolute atomic E-state index is 0.574. The van der Waals surface area contributed by atoms with Gasteiger partial charge >= 0.3 is 0 Å². The van der Waals surface area contributed by atoms with E-state index in [1.165, 1.54) is 0 Å². The Morgan fingerprint density at radius 1 is 1.32 bits per heavy atom. The largest absolute Gasteiger partial charge is 0.492 e. The quantitative estimate of drug-likeness (QED) is 0.733. The van der Waals surface area contributed by atoms with Crippen LogP contribution in [0.1, 0.15) is 6.92 Å². The van der Waals surface area contributed by atoms with Crippen LogP contribution >= 0.6 is 11.6 Å². The zero-order valence-electron chi connectivity index (χ0n) is 10.4. The van der Waals surface area contributed by atoms with E-state index in [0.717, 1.165) is 16.6 Å². The molecule has 1 aromatic carbocycles. The van der Waals surface area contributed by atoms with Crippen LogP contribution < -0.4 is 4.74 Å². The van der Waals surface area contributed by atoms with E-state index in [0.29, 0.717) is 17.4 Å². The summed E-state index contributed by atoms with van der Waals surface area (Å²) in [6, 6.07) is 5.68. The lowest BCUT2D eigenvalue weighted by Gasteiger charge is -2.10. The monoisotopic (exact) mass is 273 g/mol. The third-order valence-corrected chi connectivity index (χ3v) is 3.15. The van der Waals surface area contributed by atoms with Gasteiger partial charge in [-0.2, -0.15) is 0 Å². The van der Waals surface area contributed by atoms with Crippen molar-refractivity contribution in [2.75, 3.05) is 6.61 Å². The molecule has 0 aliphatic rings. The number of hydrogen-bond donors (Lipinski definition) is 0. The van der Waals surface area contributed by atoms with Gasteiger partial charge in [-0.25, -0.2) is 4.98 Å². The Labute approximate surface area is 115 Å². The molecule has 0 fully saturated rings. The summed E-state index contributed by atoms with van der Waals surface area (Å²) in [7, 11) is 0. The first-order valence-electron chi connectivity index (χ1n) is 5.99. The Kier molecular flexibility index (Phi) is 3.09. The molecule has 0 spiro atoms. The second-order valence-electron chi connectivity index (χ2n) is 4.03. The van der Waals surface area contributed by atoms with E-state index in [1.54, 1.807) is 18.7 Å². The van der Waals surface area contributed by atoms with Crippen LogP contribution in [-0.2, 0) is 0 Å². The predicted octanol–water partition coefficient (Wildman–Crippen LogP) is 3.47. The molecule has 3 rings (SSSR count). The number of imidazole rings is 1. The molecule has 0 aliphatic heterocycles. The van der Waals surface area contributed by atoms with Crippen molar-refractivity contribution >= 4 is 22.5 Å². The molecule has 4 nitrogen and oxygen atoms in total. The van der Waals surface area contributed by atoms with Gasteiger partial charge in [-0.3, -0.25) is 4.98 Å². The highest BCUT2D eigenvalue weighted by molar-refractivity contribution is 6.32. The summed E-state index contributed by atoms with van der Waals surface area (Å²) in [5.74, 6) is 0.672. The lowest BCUT2D eigenvalue weighted by atomic mass is 10.1. The fraction of sp³-hybridized carbons (Fsp3) is 0.143. The maximum absolute atomic E-state index is 6.18. The van der Waals surface area contributed by atoms with E-state index in [2.05, 4.69) is 9.97 Å². The number of hydrogen-bond acceptors (Lipinski definition) is 3. The van der Waals surface area contributed by atoms with Crippen molar-refractivity contribution < 1.29 is 4.74 Å². The molecule has 3 aromatic rings. The lowest BCUT2D eigenvalue weighted by molar-refractivity contribution is 0.341. The first kappa shape index (κ1) is 12.0. The van der Waals surface area contributed by atoms with Crippen molar-refractivity contribution in [3.63, 3.8) is 0 Å². The van der Waals surface area contributed by atoms with Crippen LogP contribution in [0.3, 0.4) is 0 Å². The summed E-state index contributed by atoms with van der Waals surface area (Å²) in [5.41, 5.74) is 1.83. The molecule has 2 heterocycles. The first-order chi connectivity index (χ1) is 9.29. The Morgan fingerprint density at radius 2 is 2.21 bits per heavy atom. The highest BCUT2D eigenvalue weighted by Crippen LogP contribution is 2.32. The topological polar surface area (TPSA) is 39.9 Å². The molecule has 0 amide bonds. The van der Waals surface area contributed by atoms with Gasteiger partial charge in [0.2, 0.25) is 0 Å². The molecule has 0 bridgehead atoms. The normalized spacial score (nSPS) is 10.8. The molecule has 0 saturated carbocycles. The van der Waals surface area contributed by atoms with Gasteiger partial charge in [-0.1, -0.05) is 11.6 Å². The maximum atomic E-state index is 6.18. The number of halogens is 1. The SMILES string of the molecule is CCOc1cc2c(-n3ccnc3)ccnc2cc1Cl. The summed E-state index contributed by atoms with van der Waals surface area (Å²) < 4.78 is 7.47. The Bertz CT molecular complexity index is 710. The van der Waals surface area contributed by atoms with Crippen LogP contribution in [0.4, 0.5) is 0 Å². The minimum atomic E-state index is 0.574. The summed E-state index contributed by atoms with van der Waals surface area (Å²) >= 11 is 6.18. The highest BCUT2D eigenvalue weighted by atomic mass is 35.5. The fourth-order valence-corrected chi connectivity index (χ4v) is 2.24. The van der Waals surface area contributed by atoms with Gasteiger partial charge in [0.1, 0.15) is 5.75 Å². The van der Waals surface area contributed by atoms with Gasteiger partial charge in [-0.15, -0.1) is 0 Å². The number of fused-ring (bicyclic) bond motifs is 1. The van der Waals surface area contributed by atoms with Crippen molar-refractivity contribution in [2.24, 2.45) is 0 Å². The molecule has 19 heavy (non-hydrogen) atoms. The summed E-state index contributed by atoms with van der Waals surface area (Å²) in [4.78, 5) is 8.41. The van der Waals surface area contributed by atoms with Crippen LogP contribution in [0.5, 0.6) is 5.75 Å². The van der Waals surface area contributed by atoms with E-state index in [1.807, 2.05) is 35.9 Å². The molecule has 0 atom stereocenters. The fourth-order valence-electron chi connectivity index (χ4n) is 2.03. The molecule has 0 radical (unpaired) electrons. The molecular weight excluding hydrogens is 262 g/mol. The van der Waals surface area contributed by atoms with Crippen molar-refractivity contribution in [1.82, 2.24) is 14.5 Å². The van der Waals surface area contributed by atoms with E-state index in [9.17, 15) is 0 Å². The van der Waals surface area contributed by atoms with Crippen molar-refractivity contribution in [3.8, 4) is 11.4 Å². The molecule has 0 aliphatic carbocycles. The van der Waals surface area contributed by atoms with Crippen LogP contribution in [0.25, 0.3) is 16.6 Å². The molecular formula is C14H12ClN3O. The van der Waals surface area contributed by atoms with Gasteiger partial charge in [-0.05, 0) is 25.1 Å². The van der Waals surface area contributed by atoms with E-state index >= 15 is 0 Å². The standard InChI is InChI=1S/C14H12ClN3O/c1-2-19-14-7-10-12(8-11(14)15)17-4-3-13(10)18-6-5-16-9-18/h3-9H,2H2,1H3. The average molecular weight is 274 g/mol. The van der Waals surface area contributed by atoms with Gasteiger partial charge in [0, 0.05) is 24.0 Å². The maximum Gasteiger partial charge on any atom is 0.138 e. The zero-order valence-corrected chi connectivity index (χ0v) is 11.1. The lowest BCUT2D eigenvalue weighted by Crippen LogP contribution is -1.96. The van der Waals surface area contributed by atoms with Gasteiger partial charge in [0.15, 0.2) is 0 Å². The molecule has 0 unspecified atom stereocenters. The molecule has 0 saturated heterocycles. The number of rotatable bonds is 3. The number of pyridine rings is 1. The smallest absolute Gasteiger partial charge is 0.138 e. The number of benzene rings is 1. The summed E-state index contributed by atoms with van der Waals surface area (Å²) in [5, 5.41) is 1.55. The number of nitrogens with zero attached hydrogens (tertiary/aromatic N) is 3. The third kappa shape index (κ3) is 2.15. The summed E-state index contributed by atoms with van der Waals surface area (Å²) in [6.45, 7) is 2.51. The number of aromatic nitrogens is 3. The van der Waals surface area contributed by atoms with E-state index < -0.39 is 0 Å². The number of ether oxygens (including phenoxy) is 1. The molecule has 0 N–H and O–H groups in total. The second-order valence-corrected chi connectivity index (χ2v) is 4.44. The molecule has 96 valence electrons. The van der Waals surface area contributed by atoms with Crippen LogP contribution in [-0.4, -0.2) is 21.1 Å². The van der Waals surface area contributed by atoms with E-state index in [4.69, 9.17) is 16.3 Å². The van der Waals surface area contributed by atoms with Crippen molar-refractivity contribution in [3.05, 3.63) is 48.1 Å². The first-order valence-corrected chi connectivity index (χ1v) is 6.37. The van der Waals surface area contributed by atoms with Crippen molar-refractivity contribution in [2.45, 2.75) is 6.92 Å². The van der Waals surface area contributed by atoms with Gasteiger partial charge in [0.25, 0.3) is 0 Å². The Balaban J connectivity index is 2.26. The average Bonchev–Trinajstić information content (AvgIpc) is 2.93. The van der Waals surface area contributed by atoms with Crippen LogP contribution in [0.15, 0.2) is 43.1 Å². The Morgan fingerprint density at radius 3 is 2.95 bits per heavy atom. The molecule has 5 heteroatoms. The second kappa shape index (κ2) is 4.90. The van der Waals surface area contributed by atoms with Gasteiger partial charge in [0.05, 0.1) is 29.2 Å². The summed E-state index contributed by atoms with van der Waals surface area (Å²) in [6.07, 6.45) is 7.15. The highest BCUT2D eigenvalue weighted by Gasteiger charge is 2.09. The van der Waals surface area contributed by atoms with E-state index in [-0.39, 0.29) is 0 Å². The minimum Gasteiger partial charge on any atom is -0.492 e. The molecule has 2 aromatic heterocycles. The zero-order chi connectivity index (χ0) is 13.2. The van der Waals surface area contributed by atoms with Gasteiger partial charge < -0.3 is 9.30 Å². The van der Waals surface area contributed by atoms with Crippen LogP contribution in [0.2, 0.25) is 5.02 Å². The Hall–Kier alpha value is -2.07. The third-order valence-electron chi connectivity index (χ3n) is 2.85. The van der Waals surface area contributed by atoms with Crippen LogP contribution in [0, 0.1) is 0 Å². The van der Waals surface area contributed by atoms with Crippen molar-refractivity contribution in [1.29, 1.82) is 0 Å². The predicted molar refractivity (Wildman–Crippen MR) is 75.0 cm³/mol.